The molecule has 0 aromatic heterocycles. The molecule has 2 aliphatic rings. The number of carbonyl (C=O) groups is 1. The van der Waals surface area contributed by atoms with Crippen LogP contribution in [0.4, 0.5) is 0 Å². The number of amides is 1. The highest BCUT2D eigenvalue weighted by atomic mass is 127. The van der Waals surface area contributed by atoms with E-state index in [1.54, 1.807) is 0 Å². The second kappa shape index (κ2) is 7.16. The van der Waals surface area contributed by atoms with Gasteiger partial charge in [-0.2, -0.15) is 0 Å². The lowest BCUT2D eigenvalue weighted by Crippen LogP contribution is -2.68. The van der Waals surface area contributed by atoms with Crippen LogP contribution in [0.25, 0.3) is 0 Å². The van der Waals surface area contributed by atoms with Crippen molar-refractivity contribution in [3.05, 3.63) is 0 Å². The maximum Gasteiger partial charge on any atom is 0.260 e. The van der Waals surface area contributed by atoms with E-state index in [4.69, 9.17) is 9.47 Å². The lowest BCUT2D eigenvalue weighted by atomic mass is 9.89. The predicted molar refractivity (Wildman–Crippen MR) is 95.0 cm³/mol. The van der Waals surface area contributed by atoms with Gasteiger partial charge in [0.05, 0.1) is 23.1 Å². The Morgan fingerprint density at radius 1 is 1.52 bits per heavy atom. The van der Waals surface area contributed by atoms with Crippen molar-refractivity contribution in [3.63, 3.8) is 0 Å². The fourth-order valence-electron chi connectivity index (χ4n) is 3.22. The van der Waals surface area contributed by atoms with Crippen molar-refractivity contribution in [1.82, 2.24) is 10.2 Å². The maximum absolute atomic E-state index is 12.2. The Hall–Kier alpha value is 0.170. The van der Waals surface area contributed by atoms with Gasteiger partial charge in [0.2, 0.25) is 5.91 Å². The minimum Gasteiger partial charge on any atom is -0.371 e. The smallest absolute Gasteiger partial charge is 0.260 e. The van der Waals surface area contributed by atoms with Crippen molar-refractivity contribution in [2.75, 3.05) is 24.2 Å². The van der Waals surface area contributed by atoms with Crippen LogP contribution in [-0.4, -0.2) is 70.0 Å². The number of halogens is 1. The van der Waals surface area contributed by atoms with Crippen LogP contribution in [-0.2, 0) is 25.6 Å². The van der Waals surface area contributed by atoms with Gasteiger partial charge >= 0.3 is 0 Å². The molecule has 2 fully saturated rings. The molecule has 0 aromatic carbocycles. The minimum absolute atomic E-state index is 0.00627. The van der Waals surface area contributed by atoms with Crippen LogP contribution in [0.15, 0.2) is 0 Å². The number of hydrogen-bond acceptors (Lipinski definition) is 4. The van der Waals surface area contributed by atoms with E-state index in [9.17, 15) is 4.79 Å². The van der Waals surface area contributed by atoms with Crippen molar-refractivity contribution in [3.8, 4) is 0 Å². The molecule has 21 heavy (non-hydrogen) atoms. The summed E-state index contributed by atoms with van der Waals surface area (Å²) >= 11 is 3.63. The van der Waals surface area contributed by atoms with E-state index >= 15 is 0 Å². The third-order valence-electron chi connectivity index (χ3n) is 4.32. The monoisotopic (exact) mass is 427 g/mol. The number of alkyl halides is 1. The largest absolute Gasteiger partial charge is 0.371 e. The van der Waals surface area contributed by atoms with E-state index in [1.807, 2.05) is 11.8 Å². The summed E-state index contributed by atoms with van der Waals surface area (Å²) in [5.41, 5.74) is -0.421. The molecule has 0 saturated carbocycles. The van der Waals surface area contributed by atoms with Crippen molar-refractivity contribution < 1.29 is 14.3 Å². The molecular weight excluding hydrogens is 403 g/mol. The van der Waals surface area contributed by atoms with E-state index in [1.165, 1.54) is 11.4 Å². The standard InChI is InChI=1S/C14H24IN2O3S/c1-9-6-19-13(10(2)17(9)12(18)5-15)14(3)8-16-11(21-4)7-20-14/h9-11,13,16H,4-8H2,1-3H3/q+1. The molecule has 1 amide bonds. The Morgan fingerprint density at radius 2 is 2.24 bits per heavy atom. The van der Waals surface area contributed by atoms with Crippen molar-refractivity contribution in [2.24, 2.45) is 0 Å². The van der Waals surface area contributed by atoms with Gasteiger partial charge < -0.3 is 14.4 Å². The molecule has 5 unspecified atom stereocenters. The number of carbonyl (C=O) groups excluding carboxylic acids is 1. The summed E-state index contributed by atoms with van der Waals surface area (Å²) in [6, 6.07) is 0.119. The normalized spacial score (nSPS) is 40.9. The van der Waals surface area contributed by atoms with Gasteiger partial charge in [-0.3, -0.25) is 10.1 Å². The Labute approximate surface area is 144 Å². The highest BCUT2D eigenvalue weighted by Gasteiger charge is 2.49. The van der Waals surface area contributed by atoms with Crippen molar-refractivity contribution in [2.45, 2.75) is 49.9 Å². The zero-order chi connectivity index (χ0) is 15.6. The molecular formula is C14H24IN2O3S+. The molecule has 1 N–H and O–H groups in total. The molecule has 2 saturated heterocycles. The Kier molecular flexibility index (Phi) is 5.98. The van der Waals surface area contributed by atoms with Crippen molar-refractivity contribution >= 4 is 45.7 Å². The molecule has 0 aromatic rings. The Balaban J connectivity index is 2.12. The first-order chi connectivity index (χ1) is 9.92. The van der Waals surface area contributed by atoms with Crippen LogP contribution in [0.1, 0.15) is 20.8 Å². The molecule has 5 nitrogen and oxygen atoms in total. The molecule has 0 radical (unpaired) electrons. The van der Waals surface area contributed by atoms with Gasteiger partial charge in [0, 0.05) is 6.54 Å². The van der Waals surface area contributed by atoms with Crippen LogP contribution in [0.5, 0.6) is 0 Å². The van der Waals surface area contributed by atoms with Crippen LogP contribution >= 0.6 is 22.6 Å². The average Bonchev–Trinajstić information content (AvgIpc) is 2.47. The van der Waals surface area contributed by atoms with E-state index < -0.39 is 5.60 Å². The van der Waals surface area contributed by atoms with Crippen LogP contribution in [0.2, 0.25) is 0 Å². The molecule has 0 spiro atoms. The fraction of sp³-hybridized carbons (Fsp3) is 0.857. The summed E-state index contributed by atoms with van der Waals surface area (Å²) in [6.45, 7) is 8.02. The summed E-state index contributed by atoms with van der Waals surface area (Å²) < 4.78 is 12.6. The molecule has 5 atom stereocenters. The first-order valence-electron chi connectivity index (χ1n) is 7.20. The number of nitrogens with zero attached hydrogens (tertiary/aromatic N) is 1. The summed E-state index contributed by atoms with van der Waals surface area (Å²) in [7, 11) is 0. The molecule has 120 valence electrons. The topological polar surface area (TPSA) is 50.8 Å². The molecule has 2 rings (SSSR count). The van der Waals surface area contributed by atoms with Gasteiger partial charge in [-0.25, -0.2) is 0 Å². The number of nitrogens with one attached hydrogen (secondary N) is 1. The zero-order valence-electron chi connectivity index (χ0n) is 12.8. The van der Waals surface area contributed by atoms with Gasteiger partial charge in [-0.15, -0.1) is 0 Å². The predicted octanol–water partition coefficient (Wildman–Crippen LogP) is 0.645. The number of rotatable bonds is 3. The zero-order valence-corrected chi connectivity index (χ0v) is 15.8. The minimum atomic E-state index is -0.421. The summed E-state index contributed by atoms with van der Waals surface area (Å²) in [4.78, 5) is 14.2. The highest BCUT2D eigenvalue weighted by Crippen LogP contribution is 2.31. The third-order valence-corrected chi connectivity index (χ3v) is 5.68. The van der Waals surface area contributed by atoms with Crippen LogP contribution in [0, 0.1) is 0 Å². The van der Waals surface area contributed by atoms with E-state index in [2.05, 4.69) is 47.6 Å². The summed E-state index contributed by atoms with van der Waals surface area (Å²) in [6.07, 6.45) is -0.121. The number of hydrogen-bond donors (Lipinski definition) is 1. The van der Waals surface area contributed by atoms with Gasteiger partial charge in [-0.1, -0.05) is 22.6 Å². The van der Waals surface area contributed by atoms with Crippen LogP contribution < -0.4 is 5.32 Å². The second-order valence-corrected chi connectivity index (χ2v) is 7.60. The van der Waals surface area contributed by atoms with Gasteiger partial charge in [0.15, 0.2) is 17.2 Å². The number of morpholine rings is 2. The van der Waals surface area contributed by atoms with E-state index in [0.29, 0.717) is 24.2 Å². The summed E-state index contributed by atoms with van der Waals surface area (Å²) in [5, 5.41) is 3.66. The van der Waals surface area contributed by atoms with Gasteiger partial charge in [0.1, 0.15) is 18.3 Å². The highest BCUT2D eigenvalue weighted by molar-refractivity contribution is 14.1. The lowest BCUT2D eigenvalue weighted by Gasteiger charge is -2.50. The third kappa shape index (κ3) is 3.57. The first kappa shape index (κ1) is 17.5. The number of ether oxygens (including phenoxy) is 2. The van der Waals surface area contributed by atoms with Gasteiger partial charge in [0.25, 0.3) is 5.37 Å². The van der Waals surface area contributed by atoms with Crippen molar-refractivity contribution in [1.29, 1.82) is 0 Å². The van der Waals surface area contributed by atoms with E-state index in [0.717, 1.165) is 0 Å². The molecule has 2 heterocycles. The Morgan fingerprint density at radius 3 is 2.76 bits per heavy atom. The molecule has 2 aliphatic heterocycles. The fourth-order valence-corrected chi connectivity index (χ4v) is 3.98. The maximum atomic E-state index is 12.2. The molecule has 0 aliphatic carbocycles. The van der Waals surface area contributed by atoms with Crippen LogP contribution in [0.3, 0.4) is 0 Å². The second-order valence-electron chi connectivity index (χ2n) is 5.94. The average molecular weight is 427 g/mol. The molecule has 7 heteroatoms. The van der Waals surface area contributed by atoms with Gasteiger partial charge in [-0.05, 0) is 20.8 Å². The quantitative estimate of drug-likeness (QED) is 0.311. The Bertz CT molecular complexity index is 402. The van der Waals surface area contributed by atoms with E-state index in [-0.39, 0.29) is 29.5 Å². The first-order valence-corrected chi connectivity index (χ1v) is 9.77. The lowest BCUT2D eigenvalue weighted by molar-refractivity contribution is -0.203. The SMILES string of the molecule is C=[S+]C1COC(C)(C2OCC(C)N(C(=O)CI)C2C)CN1. The summed E-state index contributed by atoms with van der Waals surface area (Å²) in [5.74, 6) is 4.00. The molecule has 0 bridgehead atoms.